The molecule has 0 unspecified atom stereocenters. The van der Waals surface area contributed by atoms with E-state index in [1.807, 2.05) is 0 Å². The van der Waals surface area contributed by atoms with Gasteiger partial charge >= 0.3 is 12.7 Å². The van der Waals surface area contributed by atoms with Crippen molar-refractivity contribution in [1.29, 1.82) is 0 Å². The Balaban J connectivity index is 1.91. The Morgan fingerprint density at radius 2 is 2.03 bits per heavy atom. The molecule has 0 saturated carbocycles. The van der Waals surface area contributed by atoms with Gasteiger partial charge in [-0.1, -0.05) is 11.6 Å². The SMILES string of the molecule is CS(C)(C)CCOC(=O)Nc1cc(-c2cc(Cl)cc(OC(F)F)c2)n(-c2cccnc2)n1. The van der Waals surface area contributed by atoms with Crippen LogP contribution in [0.4, 0.5) is 19.4 Å². The molecule has 172 valence electrons. The van der Waals surface area contributed by atoms with Crippen LogP contribution in [0.15, 0.2) is 48.8 Å². The number of rotatable bonds is 8. The first kappa shape index (κ1) is 23.8. The van der Waals surface area contributed by atoms with E-state index in [2.05, 4.69) is 38.9 Å². The number of hydrogen-bond donors (Lipinski definition) is 1. The van der Waals surface area contributed by atoms with Gasteiger partial charge in [0.25, 0.3) is 0 Å². The van der Waals surface area contributed by atoms with Crippen LogP contribution in [0, 0.1) is 0 Å². The number of nitrogens with one attached hydrogen (secondary N) is 1. The van der Waals surface area contributed by atoms with Crippen molar-refractivity contribution in [1.82, 2.24) is 14.8 Å². The van der Waals surface area contributed by atoms with Crippen molar-refractivity contribution in [3.05, 3.63) is 53.8 Å². The van der Waals surface area contributed by atoms with Crippen LogP contribution in [0.25, 0.3) is 16.9 Å². The van der Waals surface area contributed by atoms with Gasteiger partial charge in [-0.25, -0.2) is 19.5 Å². The van der Waals surface area contributed by atoms with Gasteiger partial charge in [-0.3, -0.25) is 10.3 Å². The smallest absolute Gasteiger partial charge is 0.412 e. The fraction of sp³-hybridized carbons (Fsp3) is 0.286. The zero-order chi connectivity index (χ0) is 23.3. The highest BCUT2D eigenvalue weighted by Gasteiger charge is 2.17. The predicted octanol–water partition coefficient (Wildman–Crippen LogP) is 5.43. The van der Waals surface area contributed by atoms with Crippen molar-refractivity contribution in [3.8, 4) is 22.7 Å². The molecule has 1 aromatic carbocycles. The quantitative estimate of drug-likeness (QED) is 0.461. The van der Waals surface area contributed by atoms with Gasteiger partial charge in [-0.2, -0.15) is 8.78 Å². The van der Waals surface area contributed by atoms with Gasteiger partial charge in [-0.15, -0.1) is 5.10 Å². The summed E-state index contributed by atoms with van der Waals surface area (Å²) in [6, 6.07) is 9.35. The van der Waals surface area contributed by atoms with Gasteiger partial charge in [0.1, 0.15) is 12.4 Å². The molecule has 0 spiro atoms. The van der Waals surface area contributed by atoms with Crippen LogP contribution in [0.1, 0.15) is 0 Å². The number of aromatic nitrogens is 3. The maximum Gasteiger partial charge on any atom is 0.412 e. The van der Waals surface area contributed by atoms with E-state index in [1.54, 1.807) is 36.7 Å². The Morgan fingerprint density at radius 1 is 1.25 bits per heavy atom. The molecule has 0 atom stereocenters. The molecular weight excluding hydrogens is 462 g/mol. The first-order valence-corrected chi connectivity index (χ1v) is 12.9. The molecule has 3 rings (SSSR count). The normalized spacial score (nSPS) is 12.0. The second-order valence-corrected chi connectivity index (χ2v) is 12.7. The maximum atomic E-state index is 12.7. The summed E-state index contributed by atoms with van der Waals surface area (Å²) in [5.74, 6) is 0.902. The van der Waals surface area contributed by atoms with Crippen molar-refractivity contribution < 1.29 is 23.0 Å². The molecule has 32 heavy (non-hydrogen) atoms. The number of carbonyl (C=O) groups is 1. The number of anilines is 1. The molecule has 2 aromatic heterocycles. The largest absolute Gasteiger partial charge is 0.448 e. The number of alkyl halides is 2. The lowest BCUT2D eigenvalue weighted by Gasteiger charge is -2.24. The maximum absolute atomic E-state index is 12.7. The van der Waals surface area contributed by atoms with E-state index in [4.69, 9.17) is 16.3 Å². The van der Waals surface area contributed by atoms with E-state index < -0.39 is 22.7 Å². The lowest BCUT2D eigenvalue weighted by molar-refractivity contribution is -0.0498. The van der Waals surface area contributed by atoms with Crippen LogP contribution in [-0.4, -0.2) is 58.6 Å². The van der Waals surface area contributed by atoms with Gasteiger partial charge in [0.05, 0.1) is 17.6 Å². The fourth-order valence-corrected chi connectivity index (χ4v) is 3.54. The zero-order valence-electron chi connectivity index (χ0n) is 17.7. The number of amides is 1. The first-order valence-electron chi connectivity index (χ1n) is 9.47. The molecule has 0 aliphatic heterocycles. The van der Waals surface area contributed by atoms with Crippen molar-refractivity contribution in [2.45, 2.75) is 6.61 Å². The molecule has 2 heterocycles. The molecule has 0 saturated heterocycles. The summed E-state index contributed by atoms with van der Waals surface area (Å²) in [5.41, 5.74) is 1.54. The average Bonchev–Trinajstić information content (AvgIpc) is 3.10. The van der Waals surface area contributed by atoms with Gasteiger partial charge in [0.2, 0.25) is 0 Å². The van der Waals surface area contributed by atoms with Gasteiger partial charge in [0, 0.05) is 28.6 Å². The summed E-state index contributed by atoms with van der Waals surface area (Å²) in [6.45, 7) is -2.70. The summed E-state index contributed by atoms with van der Waals surface area (Å²) in [5, 5.41) is 7.22. The third kappa shape index (κ3) is 6.83. The molecule has 1 amide bonds. The molecule has 0 aliphatic carbocycles. The minimum atomic E-state index is -2.99. The molecule has 3 aromatic rings. The van der Waals surface area contributed by atoms with Crippen LogP contribution in [0.2, 0.25) is 5.02 Å². The standard InChI is InChI=1S/C21H23ClF2N4O3S/c1-32(2,3)8-7-30-21(29)26-19-12-18(28(27-19)16-5-4-6-25-13-16)14-9-15(22)11-17(10-14)31-20(23)24/h4-6,9-13,20H,7-8H2,1-3H3,(H,26,27,29). The molecule has 11 heteroatoms. The van der Waals surface area contributed by atoms with E-state index in [1.165, 1.54) is 16.8 Å². The van der Waals surface area contributed by atoms with E-state index in [-0.39, 0.29) is 16.6 Å². The molecule has 0 fully saturated rings. The predicted molar refractivity (Wildman–Crippen MR) is 124 cm³/mol. The Kier molecular flexibility index (Phi) is 7.57. The summed E-state index contributed by atoms with van der Waals surface area (Å²) in [4.78, 5) is 16.3. The van der Waals surface area contributed by atoms with E-state index in [9.17, 15) is 13.6 Å². The van der Waals surface area contributed by atoms with E-state index in [0.29, 0.717) is 23.6 Å². The summed E-state index contributed by atoms with van der Waals surface area (Å²) >= 11 is 6.11. The minimum Gasteiger partial charge on any atom is -0.448 e. The number of carbonyl (C=O) groups excluding carboxylic acids is 1. The van der Waals surface area contributed by atoms with Crippen LogP contribution >= 0.6 is 21.6 Å². The van der Waals surface area contributed by atoms with E-state index in [0.717, 1.165) is 5.75 Å². The van der Waals surface area contributed by atoms with Crippen molar-refractivity contribution >= 4 is 33.5 Å². The summed E-state index contributed by atoms with van der Waals surface area (Å²) in [7, 11) is -0.794. The molecule has 1 N–H and O–H groups in total. The fourth-order valence-electron chi connectivity index (χ4n) is 2.73. The minimum absolute atomic E-state index is 0.0972. The number of benzene rings is 1. The van der Waals surface area contributed by atoms with Gasteiger partial charge in [-0.05, 0) is 49.1 Å². The molecule has 7 nitrogen and oxygen atoms in total. The van der Waals surface area contributed by atoms with E-state index >= 15 is 0 Å². The number of hydrogen-bond acceptors (Lipinski definition) is 5. The third-order valence-electron chi connectivity index (χ3n) is 4.15. The van der Waals surface area contributed by atoms with Crippen LogP contribution in [0.5, 0.6) is 5.75 Å². The molecule has 0 aliphatic rings. The third-order valence-corrected chi connectivity index (χ3v) is 5.76. The second kappa shape index (κ2) is 10.2. The van der Waals surface area contributed by atoms with Gasteiger partial charge < -0.3 is 9.47 Å². The Hall–Kier alpha value is -2.85. The summed E-state index contributed by atoms with van der Waals surface area (Å²) in [6.07, 6.45) is 8.94. The number of pyridine rings is 1. The average molecular weight is 485 g/mol. The van der Waals surface area contributed by atoms with Gasteiger partial charge in [0.15, 0.2) is 5.82 Å². The highest BCUT2D eigenvalue weighted by atomic mass is 35.5. The lowest BCUT2D eigenvalue weighted by atomic mass is 10.1. The Bertz CT molecular complexity index is 1070. The lowest BCUT2D eigenvalue weighted by Crippen LogP contribution is -2.17. The molecular formula is C21H23ClF2N4O3S. The first-order chi connectivity index (χ1) is 15.1. The Labute approximate surface area is 191 Å². The topological polar surface area (TPSA) is 78.3 Å². The molecule has 0 bridgehead atoms. The highest BCUT2D eigenvalue weighted by molar-refractivity contribution is 8.32. The summed E-state index contributed by atoms with van der Waals surface area (Å²) < 4.78 is 36.7. The Morgan fingerprint density at radius 3 is 2.69 bits per heavy atom. The number of nitrogens with zero attached hydrogens (tertiary/aromatic N) is 3. The van der Waals surface area contributed by atoms with Crippen molar-refractivity contribution in [2.24, 2.45) is 0 Å². The monoisotopic (exact) mass is 484 g/mol. The van der Waals surface area contributed by atoms with Crippen LogP contribution < -0.4 is 10.1 Å². The number of halogens is 3. The number of ether oxygens (including phenoxy) is 2. The van der Waals surface area contributed by atoms with Crippen molar-refractivity contribution in [2.75, 3.05) is 36.4 Å². The van der Waals surface area contributed by atoms with Crippen molar-refractivity contribution in [3.63, 3.8) is 0 Å². The molecule has 0 radical (unpaired) electrons. The second-order valence-electron chi connectivity index (χ2n) is 7.65. The van der Waals surface area contributed by atoms with Crippen LogP contribution in [0.3, 0.4) is 0 Å². The highest BCUT2D eigenvalue weighted by Crippen LogP contribution is 2.34. The van der Waals surface area contributed by atoms with Crippen LogP contribution in [-0.2, 0) is 4.74 Å². The zero-order valence-corrected chi connectivity index (χ0v) is 19.3.